The van der Waals surface area contributed by atoms with Crippen LogP contribution >= 0.6 is 0 Å². The lowest BCUT2D eigenvalue weighted by atomic mass is 10.0. The number of hydrogen-bond acceptors (Lipinski definition) is 8. The number of nitro groups is 1. The summed E-state index contributed by atoms with van der Waals surface area (Å²) in [7, 11) is 0. The topological polar surface area (TPSA) is 110 Å². The first-order valence-electron chi connectivity index (χ1n) is 11.0. The number of aryl methyl sites for hydroxylation is 2. The molecule has 0 atom stereocenters. The van der Waals surface area contributed by atoms with E-state index < -0.39 is 4.92 Å². The Labute approximate surface area is 187 Å². The molecule has 0 saturated carbocycles. The van der Waals surface area contributed by atoms with E-state index in [0.29, 0.717) is 11.9 Å². The van der Waals surface area contributed by atoms with Gasteiger partial charge in [-0.05, 0) is 37.8 Å². The molecule has 4 rings (SSSR count). The van der Waals surface area contributed by atoms with Gasteiger partial charge in [-0.2, -0.15) is 0 Å². The second-order valence-corrected chi connectivity index (χ2v) is 7.85. The summed E-state index contributed by atoms with van der Waals surface area (Å²) in [5.41, 5.74) is 2.81. The summed E-state index contributed by atoms with van der Waals surface area (Å²) in [6.45, 7) is 5.98. The molecular weight excluding hydrogens is 406 g/mol. The summed E-state index contributed by atoms with van der Waals surface area (Å²) in [5, 5.41) is 14.5. The molecule has 1 fully saturated rings. The van der Waals surface area contributed by atoms with Crippen molar-refractivity contribution in [3.8, 4) is 11.4 Å². The first-order valence-corrected chi connectivity index (χ1v) is 11.0. The zero-order valence-electron chi connectivity index (χ0n) is 18.4. The van der Waals surface area contributed by atoms with Crippen LogP contribution in [-0.2, 0) is 12.8 Å². The van der Waals surface area contributed by atoms with E-state index in [2.05, 4.69) is 45.1 Å². The van der Waals surface area contributed by atoms with E-state index >= 15 is 0 Å². The van der Waals surface area contributed by atoms with Crippen LogP contribution in [0, 0.1) is 10.1 Å². The largest absolute Gasteiger partial charge is 0.367 e. The van der Waals surface area contributed by atoms with Crippen LogP contribution in [0.3, 0.4) is 0 Å². The molecule has 0 bridgehead atoms. The third-order valence-electron chi connectivity index (χ3n) is 5.72. The highest BCUT2D eigenvalue weighted by Crippen LogP contribution is 2.24. The highest BCUT2D eigenvalue weighted by atomic mass is 16.6. The minimum Gasteiger partial charge on any atom is -0.367 e. The summed E-state index contributed by atoms with van der Waals surface area (Å²) in [4.78, 5) is 30.9. The SMILES string of the molecule is CCc1cc(N2CCC(Nc3cc(CC)nc(-c4ccc([N+](=O)[O-])cc4)n3)CC2)ncn1. The molecule has 0 unspecified atom stereocenters. The highest BCUT2D eigenvalue weighted by Gasteiger charge is 2.21. The van der Waals surface area contributed by atoms with Gasteiger partial charge in [0.05, 0.1) is 4.92 Å². The quantitative estimate of drug-likeness (QED) is 0.439. The molecule has 0 spiro atoms. The van der Waals surface area contributed by atoms with E-state index in [1.54, 1.807) is 18.5 Å². The van der Waals surface area contributed by atoms with Crippen LogP contribution in [0.5, 0.6) is 0 Å². The molecule has 3 aromatic rings. The Morgan fingerprint density at radius 3 is 2.41 bits per heavy atom. The van der Waals surface area contributed by atoms with Crippen molar-refractivity contribution in [2.24, 2.45) is 0 Å². The lowest BCUT2D eigenvalue weighted by Gasteiger charge is -2.33. The second kappa shape index (κ2) is 9.67. The number of nitro benzene ring substituents is 1. The number of nitrogens with zero attached hydrogens (tertiary/aromatic N) is 6. The summed E-state index contributed by atoms with van der Waals surface area (Å²) in [6, 6.07) is 10.7. The molecule has 9 heteroatoms. The van der Waals surface area contributed by atoms with Gasteiger partial charge in [0.2, 0.25) is 0 Å². The molecule has 1 aliphatic rings. The predicted molar refractivity (Wildman–Crippen MR) is 124 cm³/mol. The molecular formula is C23H27N7O2. The zero-order chi connectivity index (χ0) is 22.5. The molecule has 1 N–H and O–H groups in total. The lowest BCUT2D eigenvalue weighted by molar-refractivity contribution is -0.384. The van der Waals surface area contributed by atoms with Crippen molar-refractivity contribution >= 4 is 17.3 Å². The average Bonchev–Trinajstić information content (AvgIpc) is 2.84. The van der Waals surface area contributed by atoms with Crippen molar-refractivity contribution in [2.75, 3.05) is 23.3 Å². The van der Waals surface area contributed by atoms with Gasteiger partial charge in [-0.3, -0.25) is 10.1 Å². The predicted octanol–water partition coefficient (Wildman–Crippen LogP) is 4.05. The third kappa shape index (κ3) is 4.99. The average molecular weight is 434 g/mol. The van der Waals surface area contributed by atoms with E-state index in [4.69, 9.17) is 4.98 Å². The number of rotatable bonds is 7. The smallest absolute Gasteiger partial charge is 0.269 e. The Morgan fingerprint density at radius 2 is 1.75 bits per heavy atom. The summed E-state index contributed by atoms with van der Waals surface area (Å²) in [5.74, 6) is 2.36. The minimum atomic E-state index is -0.406. The first kappa shape index (κ1) is 21.6. The molecule has 0 aliphatic carbocycles. The van der Waals surface area contributed by atoms with Crippen molar-refractivity contribution in [1.82, 2.24) is 19.9 Å². The number of benzene rings is 1. The maximum Gasteiger partial charge on any atom is 0.269 e. The van der Waals surface area contributed by atoms with Gasteiger partial charge in [-0.25, -0.2) is 19.9 Å². The van der Waals surface area contributed by atoms with Gasteiger partial charge in [0, 0.05) is 60.3 Å². The van der Waals surface area contributed by atoms with E-state index in [-0.39, 0.29) is 5.69 Å². The molecule has 2 aromatic heterocycles. The van der Waals surface area contributed by atoms with Gasteiger partial charge >= 0.3 is 0 Å². The van der Waals surface area contributed by atoms with Crippen molar-refractivity contribution in [3.63, 3.8) is 0 Å². The van der Waals surface area contributed by atoms with Gasteiger partial charge in [-0.1, -0.05) is 13.8 Å². The number of piperidine rings is 1. The standard InChI is InChI=1S/C23H27N7O2/c1-3-17-14-22(25-15-24-17)29-11-9-19(10-12-29)26-21-13-18(4-2)27-23(28-21)16-5-7-20(8-6-16)30(31)32/h5-8,13-15,19H,3-4,9-12H2,1-2H3,(H,26,27,28). The van der Waals surface area contributed by atoms with Crippen LogP contribution in [-0.4, -0.2) is 44.0 Å². The number of non-ortho nitro benzene ring substituents is 1. The summed E-state index contributed by atoms with van der Waals surface area (Å²) < 4.78 is 0. The number of aromatic nitrogens is 4. The Kier molecular flexibility index (Phi) is 6.53. The van der Waals surface area contributed by atoms with Gasteiger partial charge < -0.3 is 10.2 Å². The van der Waals surface area contributed by atoms with Crippen LogP contribution in [0.2, 0.25) is 0 Å². The fourth-order valence-corrected chi connectivity index (χ4v) is 3.83. The molecule has 9 nitrogen and oxygen atoms in total. The van der Waals surface area contributed by atoms with E-state index in [1.165, 1.54) is 12.1 Å². The van der Waals surface area contributed by atoms with E-state index in [0.717, 1.165) is 67.4 Å². The van der Waals surface area contributed by atoms with Crippen LogP contribution in [0.1, 0.15) is 38.1 Å². The van der Waals surface area contributed by atoms with Gasteiger partial charge in [0.15, 0.2) is 5.82 Å². The first-order chi connectivity index (χ1) is 15.6. The fraction of sp³-hybridized carbons (Fsp3) is 0.391. The molecule has 1 saturated heterocycles. The molecule has 1 aliphatic heterocycles. The summed E-state index contributed by atoms with van der Waals surface area (Å²) in [6.07, 6.45) is 5.28. The molecule has 32 heavy (non-hydrogen) atoms. The van der Waals surface area contributed by atoms with Crippen LogP contribution in [0.4, 0.5) is 17.3 Å². The fourth-order valence-electron chi connectivity index (χ4n) is 3.83. The van der Waals surface area contributed by atoms with Gasteiger partial charge in [0.1, 0.15) is 18.0 Å². The lowest BCUT2D eigenvalue weighted by Crippen LogP contribution is -2.39. The Bertz CT molecular complexity index is 1080. The van der Waals surface area contributed by atoms with Gasteiger partial charge in [-0.15, -0.1) is 0 Å². The highest BCUT2D eigenvalue weighted by molar-refractivity contribution is 5.59. The van der Waals surface area contributed by atoms with Gasteiger partial charge in [0.25, 0.3) is 5.69 Å². The normalized spacial score (nSPS) is 14.4. The monoisotopic (exact) mass is 433 g/mol. The number of hydrogen-bond donors (Lipinski definition) is 1. The van der Waals surface area contributed by atoms with E-state index in [9.17, 15) is 10.1 Å². The minimum absolute atomic E-state index is 0.0558. The van der Waals surface area contributed by atoms with Crippen molar-refractivity contribution in [2.45, 2.75) is 45.6 Å². The maximum atomic E-state index is 10.9. The number of nitrogens with one attached hydrogen (secondary N) is 1. The number of anilines is 2. The van der Waals surface area contributed by atoms with Crippen molar-refractivity contribution in [3.05, 3.63) is 64.2 Å². The zero-order valence-corrected chi connectivity index (χ0v) is 18.4. The second-order valence-electron chi connectivity index (χ2n) is 7.85. The van der Waals surface area contributed by atoms with Crippen molar-refractivity contribution < 1.29 is 4.92 Å². The molecule has 166 valence electrons. The Hall–Kier alpha value is -3.62. The molecule has 0 amide bonds. The molecule has 3 heterocycles. The Balaban J connectivity index is 1.45. The summed E-state index contributed by atoms with van der Waals surface area (Å²) >= 11 is 0. The Morgan fingerprint density at radius 1 is 1.03 bits per heavy atom. The van der Waals surface area contributed by atoms with Crippen LogP contribution in [0.25, 0.3) is 11.4 Å². The molecule has 0 radical (unpaired) electrons. The van der Waals surface area contributed by atoms with Crippen molar-refractivity contribution in [1.29, 1.82) is 0 Å². The third-order valence-corrected chi connectivity index (χ3v) is 5.72. The van der Waals surface area contributed by atoms with Crippen LogP contribution < -0.4 is 10.2 Å². The molecule has 1 aromatic carbocycles. The maximum absolute atomic E-state index is 10.9. The van der Waals surface area contributed by atoms with Crippen LogP contribution in [0.15, 0.2) is 42.7 Å². The van der Waals surface area contributed by atoms with E-state index in [1.807, 2.05) is 6.07 Å².